The van der Waals surface area contributed by atoms with E-state index in [0.29, 0.717) is 11.2 Å². The van der Waals surface area contributed by atoms with Crippen LogP contribution < -0.4 is 16.2 Å². The summed E-state index contributed by atoms with van der Waals surface area (Å²) in [4.78, 5) is 22.5. The summed E-state index contributed by atoms with van der Waals surface area (Å²) in [6, 6.07) is 12.4. The number of hydrogen-bond donors (Lipinski definition) is 3. The first-order chi connectivity index (χ1) is 16.9. The van der Waals surface area contributed by atoms with Gasteiger partial charge in [-0.25, -0.2) is 14.3 Å². The number of nitrogens with one attached hydrogen (secondary N) is 2. The number of nitrogens with zero attached hydrogens (tertiary/aromatic N) is 4. The van der Waals surface area contributed by atoms with E-state index < -0.39 is 5.41 Å². The number of fused-ring (bicyclic) bond motifs is 2. The van der Waals surface area contributed by atoms with Gasteiger partial charge in [0.2, 0.25) is 0 Å². The Labute approximate surface area is 203 Å². The Morgan fingerprint density at radius 3 is 2.80 bits per heavy atom. The number of anilines is 2. The molecule has 3 N–H and O–H groups in total. The van der Waals surface area contributed by atoms with Crippen molar-refractivity contribution in [3.8, 4) is 5.69 Å². The summed E-state index contributed by atoms with van der Waals surface area (Å²) >= 11 is 0. The average molecular weight is 471 g/mol. The summed E-state index contributed by atoms with van der Waals surface area (Å²) in [6.07, 6.45) is 6.41. The first kappa shape index (κ1) is 22.0. The van der Waals surface area contributed by atoms with Crippen LogP contribution in [0.3, 0.4) is 0 Å². The van der Waals surface area contributed by atoms with E-state index in [1.54, 1.807) is 12.4 Å². The summed E-state index contributed by atoms with van der Waals surface area (Å²) in [5.74, 6) is 0.693. The van der Waals surface area contributed by atoms with E-state index >= 15 is 0 Å². The average Bonchev–Trinajstić information content (AvgIpc) is 3.68. The molecule has 35 heavy (non-hydrogen) atoms. The molecule has 3 aromatic heterocycles. The Kier molecular flexibility index (Phi) is 5.23. The van der Waals surface area contributed by atoms with Gasteiger partial charge in [0.25, 0.3) is 5.56 Å². The molecule has 1 aromatic carbocycles. The molecule has 2 aliphatic rings. The molecule has 0 bridgehead atoms. The highest BCUT2D eigenvalue weighted by Gasteiger charge is 2.31. The van der Waals surface area contributed by atoms with E-state index in [0.717, 1.165) is 54.9 Å². The van der Waals surface area contributed by atoms with Gasteiger partial charge in [0.05, 0.1) is 34.9 Å². The first-order valence-electron chi connectivity index (χ1n) is 12.3. The van der Waals surface area contributed by atoms with E-state index in [2.05, 4.69) is 38.8 Å². The normalized spacial score (nSPS) is 15.9. The standard InChI is InChI=1S/C27H30N6O2/c1-27(2,16-34)24-12-21(8-10-29-24)32-23-13-25(30-15-22(23)26(35)33(32)20-5-6-20)31-19-4-3-18-14-28-9-7-17(18)11-19/h3-4,8,10-13,15,20,28,34H,5-7,9,14,16H2,1-2H3,(H,30,31). The third kappa shape index (κ3) is 3.92. The number of pyridine rings is 2. The maximum absolute atomic E-state index is 13.4. The topological polar surface area (TPSA) is 97.0 Å². The van der Waals surface area contributed by atoms with Gasteiger partial charge in [-0.15, -0.1) is 0 Å². The van der Waals surface area contributed by atoms with E-state index in [1.165, 1.54) is 11.1 Å². The lowest BCUT2D eigenvalue weighted by Gasteiger charge is -2.22. The zero-order valence-electron chi connectivity index (χ0n) is 20.1. The summed E-state index contributed by atoms with van der Waals surface area (Å²) in [5.41, 5.74) is 5.60. The van der Waals surface area contributed by atoms with Crippen LogP contribution >= 0.6 is 0 Å². The maximum atomic E-state index is 13.4. The van der Waals surface area contributed by atoms with Crippen molar-refractivity contribution in [1.82, 2.24) is 24.6 Å². The van der Waals surface area contributed by atoms with Gasteiger partial charge < -0.3 is 15.7 Å². The Morgan fingerprint density at radius 2 is 2.00 bits per heavy atom. The van der Waals surface area contributed by atoms with Gasteiger partial charge in [-0.3, -0.25) is 9.78 Å². The number of aliphatic hydroxyl groups excluding tert-OH is 1. The largest absolute Gasteiger partial charge is 0.395 e. The molecule has 6 rings (SSSR count). The van der Waals surface area contributed by atoms with Crippen LogP contribution in [0.25, 0.3) is 16.6 Å². The van der Waals surface area contributed by atoms with Crippen molar-refractivity contribution in [2.24, 2.45) is 0 Å². The summed E-state index contributed by atoms with van der Waals surface area (Å²) < 4.78 is 3.85. The molecule has 180 valence electrons. The third-order valence-corrected chi connectivity index (χ3v) is 7.10. The van der Waals surface area contributed by atoms with Crippen molar-refractivity contribution in [3.63, 3.8) is 0 Å². The van der Waals surface area contributed by atoms with Gasteiger partial charge >= 0.3 is 0 Å². The SMILES string of the molecule is CC(C)(CO)c1cc(-n2c3cc(Nc4ccc5c(c4)CCNC5)ncc3c(=O)n2C2CC2)ccn1. The highest BCUT2D eigenvalue weighted by atomic mass is 16.3. The molecule has 0 saturated heterocycles. The van der Waals surface area contributed by atoms with Gasteiger partial charge in [0.15, 0.2) is 0 Å². The molecular weight excluding hydrogens is 440 g/mol. The van der Waals surface area contributed by atoms with Crippen LogP contribution in [0.1, 0.15) is 49.6 Å². The second kappa shape index (κ2) is 8.32. The van der Waals surface area contributed by atoms with Gasteiger partial charge in [-0.2, -0.15) is 0 Å². The molecule has 4 heterocycles. The molecule has 1 aliphatic heterocycles. The smallest absolute Gasteiger partial charge is 0.276 e. The second-order valence-electron chi connectivity index (χ2n) is 10.3. The molecule has 4 aromatic rings. The van der Waals surface area contributed by atoms with E-state index in [4.69, 9.17) is 0 Å². The Bertz CT molecular complexity index is 1480. The van der Waals surface area contributed by atoms with Crippen LogP contribution in [0.2, 0.25) is 0 Å². The number of hydrogen-bond acceptors (Lipinski definition) is 6. The monoisotopic (exact) mass is 470 g/mol. The third-order valence-electron chi connectivity index (χ3n) is 7.10. The second-order valence-corrected chi connectivity index (χ2v) is 10.3. The van der Waals surface area contributed by atoms with E-state index in [-0.39, 0.29) is 18.2 Å². The van der Waals surface area contributed by atoms with Crippen molar-refractivity contribution in [3.05, 3.63) is 76.0 Å². The van der Waals surface area contributed by atoms with Gasteiger partial charge in [-0.05, 0) is 61.2 Å². The van der Waals surface area contributed by atoms with Gasteiger partial charge in [-0.1, -0.05) is 19.9 Å². The molecule has 0 spiro atoms. The highest BCUT2D eigenvalue weighted by Crippen LogP contribution is 2.36. The Balaban J connectivity index is 1.46. The molecule has 8 nitrogen and oxygen atoms in total. The molecule has 1 fully saturated rings. The molecule has 8 heteroatoms. The van der Waals surface area contributed by atoms with Crippen LogP contribution in [-0.2, 0) is 18.4 Å². The zero-order valence-corrected chi connectivity index (χ0v) is 20.1. The lowest BCUT2D eigenvalue weighted by atomic mass is 9.90. The number of rotatable bonds is 6. The minimum atomic E-state index is -0.486. The summed E-state index contributed by atoms with van der Waals surface area (Å²) in [6.45, 7) is 5.80. The fourth-order valence-corrected chi connectivity index (χ4v) is 4.80. The number of aromatic nitrogens is 4. The minimum absolute atomic E-state index is 0.0138. The first-order valence-corrected chi connectivity index (χ1v) is 12.3. The van der Waals surface area contributed by atoms with Crippen LogP contribution in [0.5, 0.6) is 0 Å². The molecule has 1 aliphatic carbocycles. The van der Waals surface area contributed by atoms with Crippen molar-refractivity contribution in [2.75, 3.05) is 18.5 Å². The number of aliphatic hydroxyl groups is 1. The predicted molar refractivity (Wildman–Crippen MR) is 137 cm³/mol. The highest BCUT2D eigenvalue weighted by molar-refractivity contribution is 5.83. The van der Waals surface area contributed by atoms with E-state index in [9.17, 15) is 9.90 Å². The lowest BCUT2D eigenvalue weighted by molar-refractivity contribution is 0.215. The van der Waals surface area contributed by atoms with Crippen molar-refractivity contribution >= 4 is 22.4 Å². The van der Waals surface area contributed by atoms with Crippen molar-refractivity contribution in [1.29, 1.82) is 0 Å². The quantitative estimate of drug-likeness (QED) is 0.399. The maximum Gasteiger partial charge on any atom is 0.276 e. The molecule has 0 unspecified atom stereocenters. The molecule has 0 radical (unpaired) electrons. The molecule has 1 saturated carbocycles. The Morgan fingerprint density at radius 1 is 1.14 bits per heavy atom. The zero-order chi connectivity index (χ0) is 24.2. The summed E-state index contributed by atoms with van der Waals surface area (Å²) in [5, 5.41) is 17.3. The van der Waals surface area contributed by atoms with Crippen LogP contribution in [0.15, 0.2) is 53.6 Å². The lowest BCUT2D eigenvalue weighted by Crippen LogP contribution is -2.25. The number of benzene rings is 1. The fourth-order valence-electron chi connectivity index (χ4n) is 4.80. The van der Waals surface area contributed by atoms with Crippen molar-refractivity contribution in [2.45, 2.75) is 51.1 Å². The van der Waals surface area contributed by atoms with Gasteiger partial charge in [0, 0.05) is 36.1 Å². The molecule has 0 amide bonds. The van der Waals surface area contributed by atoms with E-state index in [1.807, 2.05) is 41.4 Å². The summed E-state index contributed by atoms with van der Waals surface area (Å²) in [7, 11) is 0. The van der Waals surface area contributed by atoms with Crippen molar-refractivity contribution < 1.29 is 5.11 Å². The van der Waals surface area contributed by atoms with Crippen LogP contribution in [0, 0.1) is 0 Å². The fraction of sp³-hybridized carbons (Fsp3) is 0.370. The molecular formula is C27H30N6O2. The predicted octanol–water partition coefficient (Wildman–Crippen LogP) is 3.58. The Hall–Kier alpha value is -3.49. The molecule has 0 atom stereocenters. The minimum Gasteiger partial charge on any atom is -0.395 e. The van der Waals surface area contributed by atoms with Crippen LogP contribution in [0.4, 0.5) is 11.5 Å². The van der Waals surface area contributed by atoms with Crippen LogP contribution in [-0.4, -0.2) is 37.6 Å². The van der Waals surface area contributed by atoms with Gasteiger partial charge in [0.1, 0.15) is 5.82 Å².